The predicted octanol–water partition coefficient (Wildman–Crippen LogP) is 5.43. The molecule has 2 aliphatic rings. The summed E-state index contributed by atoms with van der Waals surface area (Å²) < 4.78 is 0. The Kier molecular flexibility index (Phi) is 9.26. The van der Waals surface area contributed by atoms with Crippen LogP contribution in [0.25, 0.3) is 0 Å². The third-order valence-corrected chi connectivity index (χ3v) is 2.49. The molecule has 86 valence electrons. The first kappa shape index (κ1) is 14.2. The molecular formula is C15H26. The van der Waals surface area contributed by atoms with Crippen molar-refractivity contribution >= 4 is 0 Å². The van der Waals surface area contributed by atoms with E-state index in [1.54, 1.807) is 11.1 Å². The quantitative estimate of drug-likeness (QED) is 0.496. The summed E-state index contributed by atoms with van der Waals surface area (Å²) in [6.45, 7) is 8.00. The number of fused-ring (bicyclic) bond motifs is 1. The molecule has 0 spiro atoms. The maximum absolute atomic E-state index is 2.38. The Morgan fingerprint density at radius 3 is 2.13 bits per heavy atom. The molecule has 0 aliphatic heterocycles. The number of hydrogen-bond acceptors (Lipinski definition) is 0. The van der Waals surface area contributed by atoms with E-state index >= 15 is 0 Å². The van der Waals surface area contributed by atoms with Crippen LogP contribution in [-0.2, 0) is 0 Å². The van der Waals surface area contributed by atoms with Crippen molar-refractivity contribution < 1.29 is 0 Å². The minimum absolute atomic E-state index is 1.13. The van der Waals surface area contributed by atoms with Crippen molar-refractivity contribution in [2.75, 3.05) is 0 Å². The van der Waals surface area contributed by atoms with Crippen molar-refractivity contribution in [1.29, 1.82) is 0 Å². The lowest BCUT2D eigenvalue weighted by Gasteiger charge is -2.16. The van der Waals surface area contributed by atoms with Gasteiger partial charge < -0.3 is 0 Å². The highest BCUT2D eigenvalue weighted by Crippen LogP contribution is 2.29. The zero-order valence-corrected chi connectivity index (χ0v) is 10.8. The SMILES string of the molecule is C1=CCC=C2CCCCC2=C1.CC.CC. The average molecular weight is 206 g/mol. The van der Waals surface area contributed by atoms with Crippen LogP contribution in [0.2, 0.25) is 0 Å². The van der Waals surface area contributed by atoms with E-state index in [4.69, 9.17) is 0 Å². The summed E-state index contributed by atoms with van der Waals surface area (Å²) in [6.07, 6.45) is 15.6. The van der Waals surface area contributed by atoms with Gasteiger partial charge in [-0.3, -0.25) is 0 Å². The van der Waals surface area contributed by atoms with E-state index in [0.29, 0.717) is 0 Å². The van der Waals surface area contributed by atoms with E-state index < -0.39 is 0 Å². The normalized spacial score (nSPS) is 17.9. The lowest BCUT2D eigenvalue weighted by atomic mass is 9.89. The fourth-order valence-electron chi connectivity index (χ4n) is 1.85. The van der Waals surface area contributed by atoms with Crippen LogP contribution in [0.4, 0.5) is 0 Å². The molecule has 0 radical (unpaired) electrons. The minimum atomic E-state index is 1.13. The third-order valence-electron chi connectivity index (χ3n) is 2.49. The van der Waals surface area contributed by atoms with E-state index in [9.17, 15) is 0 Å². The van der Waals surface area contributed by atoms with E-state index in [0.717, 1.165) is 6.42 Å². The summed E-state index contributed by atoms with van der Waals surface area (Å²) in [6, 6.07) is 0. The molecule has 0 aromatic rings. The molecule has 2 aliphatic carbocycles. The van der Waals surface area contributed by atoms with Crippen LogP contribution in [0.15, 0.2) is 35.5 Å². The first-order chi connectivity index (χ1) is 7.47. The van der Waals surface area contributed by atoms with Gasteiger partial charge in [-0.2, -0.15) is 0 Å². The number of rotatable bonds is 0. The van der Waals surface area contributed by atoms with E-state index in [1.807, 2.05) is 27.7 Å². The lowest BCUT2D eigenvalue weighted by Crippen LogP contribution is -1.97. The van der Waals surface area contributed by atoms with E-state index in [2.05, 4.69) is 24.3 Å². The van der Waals surface area contributed by atoms with Crippen molar-refractivity contribution in [2.24, 2.45) is 0 Å². The molecule has 0 unspecified atom stereocenters. The monoisotopic (exact) mass is 206 g/mol. The molecule has 0 aromatic carbocycles. The number of allylic oxidation sites excluding steroid dienone is 6. The van der Waals surface area contributed by atoms with Crippen molar-refractivity contribution in [3.8, 4) is 0 Å². The molecule has 0 nitrogen and oxygen atoms in total. The van der Waals surface area contributed by atoms with Crippen molar-refractivity contribution in [3.63, 3.8) is 0 Å². The van der Waals surface area contributed by atoms with Gasteiger partial charge in [-0.25, -0.2) is 0 Å². The fraction of sp³-hybridized carbons (Fsp3) is 0.600. The summed E-state index contributed by atoms with van der Waals surface area (Å²) in [5, 5.41) is 0. The highest BCUT2D eigenvalue weighted by molar-refractivity contribution is 5.37. The van der Waals surface area contributed by atoms with Crippen molar-refractivity contribution in [2.45, 2.75) is 59.8 Å². The summed E-state index contributed by atoms with van der Waals surface area (Å²) in [5.41, 5.74) is 3.20. The highest BCUT2D eigenvalue weighted by Gasteiger charge is 2.10. The molecule has 0 heteroatoms. The van der Waals surface area contributed by atoms with Crippen LogP contribution in [-0.4, -0.2) is 0 Å². The largest absolute Gasteiger partial charge is 0.0807 e. The molecule has 2 rings (SSSR count). The zero-order valence-electron chi connectivity index (χ0n) is 10.8. The fourth-order valence-corrected chi connectivity index (χ4v) is 1.85. The molecule has 0 amide bonds. The molecule has 0 heterocycles. The maximum Gasteiger partial charge on any atom is -0.0160 e. The van der Waals surface area contributed by atoms with E-state index in [-0.39, 0.29) is 0 Å². The average Bonchev–Trinajstić information content (AvgIpc) is 2.59. The van der Waals surface area contributed by atoms with Crippen LogP contribution in [0.3, 0.4) is 0 Å². The zero-order chi connectivity index (χ0) is 11.5. The Labute approximate surface area is 95.8 Å². The number of hydrogen-bond donors (Lipinski definition) is 0. The molecule has 0 atom stereocenters. The summed E-state index contributed by atoms with van der Waals surface area (Å²) >= 11 is 0. The Morgan fingerprint density at radius 2 is 1.47 bits per heavy atom. The molecule has 0 N–H and O–H groups in total. The van der Waals surface area contributed by atoms with Gasteiger partial charge in [0.2, 0.25) is 0 Å². The minimum Gasteiger partial charge on any atom is -0.0807 e. The highest BCUT2D eigenvalue weighted by atomic mass is 14.2. The second-order valence-corrected chi connectivity index (χ2v) is 3.29. The van der Waals surface area contributed by atoms with Gasteiger partial charge in [-0.05, 0) is 43.3 Å². The van der Waals surface area contributed by atoms with Gasteiger partial charge in [-0.15, -0.1) is 0 Å². The van der Waals surface area contributed by atoms with Gasteiger partial charge in [-0.1, -0.05) is 52.0 Å². The first-order valence-electron chi connectivity index (χ1n) is 6.52. The second-order valence-electron chi connectivity index (χ2n) is 3.29. The Balaban J connectivity index is 0.000000442. The van der Waals surface area contributed by atoms with Gasteiger partial charge in [0.1, 0.15) is 0 Å². The van der Waals surface area contributed by atoms with Gasteiger partial charge in [0.15, 0.2) is 0 Å². The topological polar surface area (TPSA) is 0 Å². The van der Waals surface area contributed by atoms with Crippen molar-refractivity contribution in [3.05, 3.63) is 35.5 Å². The van der Waals surface area contributed by atoms with Gasteiger partial charge in [0.25, 0.3) is 0 Å². The van der Waals surface area contributed by atoms with Crippen LogP contribution < -0.4 is 0 Å². The second kappa shape index (κ2) is 9.76. The molecule has 1 fully saturated rings. The summed E-state index contributed by atoms with van der Waals surface area (Å²) in [7, 11) is 0. The smallest absolute Gasteiger partial charge is 0.0160 e. The molecule has 15 heavy (non-hydrogen) atoms. The van der Waals surface area contributed by atoms with Crippen molar-refractivity contribution in [1.82, 2.24) is 0 Å². The van der Waals surface area contributed by atoms with Crippen LogP contribution in [0, 0.1) is 0 Å². The summed E-state index contributed by atoms with van der Waals surface area (Å²) in [4.78, 5) is 0. The van der Waals surface area contributed by atoms with Crippen LogP contribution >= 0.6 is 0 Å². The summed E-state index contributed by atoms with van der Waals surface area (Å²) in [5.74, 6) is 0. The Morgan fingerprint density at radius 1 is 0.867 bits per heavy atom. The molecule has 0 saturated heterocycles. The van der Waals surface area contributed by atoms with Gasteiger partial charge >= 0.3 is 0 Å². The first-order valence-corrected chi connectivity index (χ1v) is 6.52. The maximum atomic E-state index is 2.38. The third kappa shape index (κ3) is 5.01. The van der Waals surface area contributed by atoms with E-state index in [1.165, 1.54) is 25.7 Å². The molecule has 1 saturated carbocycles. The molecular weight excluding hydrogens is 180 g/mol. The Bertz CT molecular complexity index is 228. The van der Waals surface area contributed by atoms with Crippen LogP contribution in [0.5, 0.6) is 0 Å². The van der Waals surface area contributed by atoms with Gasteiger partial charge in [0.05, 0.1) is 0 Å². The standard InChI is InChI=1S/C11H14.2C2H6/c1-2-6-10-8-4-5-9-11(10)7-3-1;2*1-2/h1-2,6-7H,3-5,8-9H2;2*1-2H3. The van der Waals surface area contributed by atoms with Gasteiger partial charge in [0, 0.05) is 0 Å². The predicted molar refractivity (Wildman–Crippen MR) is 71.1 cm³/mol. The van der Waals surface area contributed by atoms with Crippen LogP contribution in [0.1, 0.15) is 59.8 Å². The Hall–Kier alpha value is -0.780. The molecule has 0 aromatic heterocycles. The molecule has 0 bridgehead atoms. The lowest BCUT2D eigenvalue weighted by molar-refractivity contribution is 0.678.